The van der Waals surface area contributed by atoms with Crippen LogP contribution in [0, 0.1) is 5.41 Å². The number of halogens is 2. The van der Waals surface area contributed by atoms with E-state index in [1.54, 1.807) is 18.2 Å². The van der Waals surface area contributed by atoms with Crippen LogP contribution < -0.4 is 4.74 Å². The van der Waals surface area contributed by atoms with Gasteiger partial charge in [-0.3, -0.25) is 0 Å². The molecule has 3 rings (SSSR count). The molecule has 1 aromatic rings. The van der Waals surface area contributed by atoms with Gasteiger partial charge in [0.2, 0.25) is 0 Å². The number of hydrogen-bond donors (Lipinski definition) is 1. The average molecular weight is 397 g/mol. The molecule has 0 radical (unpaired) electrons. The monoisotopic (exact) mass is 396 g/mol. The molecule has 1 saturated carbocycles. The number of ether oxygens (including phenoxy) is 1. The lowest BCUT2D eigenvalue weighted by molar-refractivity contribution is -0.159. The van der Waals surface area contributed by atoms with Gasteiger partial charge < -0.3 is 19.6 Å². The van der Waals surface area contributed by atoms with Crippen molar-refractivity contribution in [2.24, 2.45) is 5.41 Å². The van der Waals surface area contributed by atoms with Crippen LogP contribution in [0.5, 0.6) is 5.75 Å². The van der Waals surface area contributed by atoms with E-state index in [4.69, 9.17) is 4.74 Å². The van der Waals surface area contributed by atoms with Gasteiger partial charge in [0.25, 0.3) is 0 Å². The molecule has 0 spiro atoms. The Hall–Kier alpha value is -1.24. The molecule has 158 valence electrons. The summed E-state index contributed by atoms with van der Waals surface area (Å²) in [5.41, 5.74) is -0.224. The van der Waals surface area contributed by atoms with Crippen LogP contribution in [-0.2, 0) is 0 Å². The molecule has 1 saturated heterocycles. The Balaban J connectivity index is 1.91. The zero-order valence-corrected chi connectivity index (χ0v) is 17.5. The summed E-state index contributed by atoms with van der Waals surface area (Å²) in [6, 6.07) is 6.93. The largest absolute Gasteiger partial charge is 0.433 e. The van der Waals surface area contributed by atoms with E-state index in [-0.39, 0.29) is 17.1 Å². The van der Waals surface area contributed by atoms with Crippen LogP contribution in [0.4, 0.5) is 8.78 Å². The van der Waals surface area contributed by atoms with Gasteiger partial charge >= 0.3 is 6.11 Å². The zero-order valence-electron chi connectivity index (χ0n) is 17.5. The molecule has 2 atom stereocenters. The Morgan fingerprint density at radius 2 is 1.86 bits per heavy atom. The van der Waals surface area contributed by atoms with Gasteiger partial charge in [0.05, 0.1) is 5.60 Å². The van der Waals surface area contributed by atoms with Crippen molar-refractivity contribution in [3.63, 3.8) is 0 Å². The fraction of sp³-hybridized carbons (Fsp3) is 0.727. The summed E-state index contributed by atoms with van der Waals surface area (Å²) in [6.45, 7) is 9.61. The van der Waals surface area contributed by atoms with E-state index >= 15 is 0 Å². The number of hydrogen-bond acceptors (Lipinski definition) is 4. The first-order valence-corrected chi connectivity index (χ1v) is 10.3. The van der Waals surface area contributed by atoms with Gasteiger partial charge in [0.15, 0.2) is 0 Å². The van der Waals surface area contributed by atoms with Crippen molar-refractivity contribution in [3.05, 3.63) is 29.8 Å². The van der Waals surface area contributed by atoms with E-state index in [1.807, 2.05) is 6.07 Å². The topological polar surface area (TPSA) is 35.9 Å². The van der Waals surface area contributed by atoms with E-state index in [1.165, 1.54) is 0 Å². The Kier molecular flexibility index (Phi) is 6.04. The maximum atomic E-state index is 13.4. The van der Waals surface area contributed by atoms with Gasteiger partial charge in [-0.15, -0.1) is 0 Å². The smallest absolute Gasteiger partial charge is 0.394 e. The van der Waals surface area contributed by atoms with Crippen LogP contribution in [0.15, 0.2) is 24.3 Å². The highest BCUT2D eigenvalue weighted by molar-refractivity contribution is 5.34. The van der Waals surface area contributed by atoms with Gasteiger partial charge in [-0.25, -0.2) is 0 Å². The minimum Gasteiger partial charge on any atom is -0.433 e. The van der Waals surface area contributed by atoms with Crippen LogP contribution in [-0.4, -0.2) is 66.4 Å². The van der Waals surface area contributed by atoms with E-state index < -0.39 is 11.7 Å². The molecule has 0 amide bonds. The van der Waals surface area contributed by atoms with Crippen molar-refractivity contribution in [2.75, 3.05) is 39.8 Å². The molecular weight excluding hydrogens is 362 g/mol. The van der Waals surface area contributed by atoms with E-state index in [0.29, 0.717) is 0 Å². The molecule has 6 heteroatoms. The van der Waals surface area contributed by atoms with Crippen molar-refractivity contribution in [1.29, 1.82) is 0 Å². The number of benzene rings is 1. The summed E-state index contributed by atoms with van der Waals surface area (Å²) < 4.78 is 31.5. The molecule has 1 aliphatic heterocycles. The summed E-state index contributed by atoms with van der Waals surface area (Å²) in [6.07, 6.45) is -0.555. The van der Waals surface area contributed by atoms with Gasteiger partial charge in [0.1, 0.15) is 5.75 Å². The molecule has 2 unspecified atom stereocenters. The Labute approximate surface area is 167 Å². The molecule has 0 aromatic heterocycles. The number of rotatable bonds is 6. The maximum absolute atomic E-state index is 13.4. The summed E-state index contributed by atoms with van der Waals surface area (Å²) in [5, 5.41) is 11.8. The van der Waals surface area contributed by atoms with E-state index in [9.17, 15) is 13.9 Å². The van der Waals surface area contributed by atoms with Gasteiger partial charge in [0, 0.05) is 45.6 Å². The predicted molar refractivity (Wildman–Crippen MR) is 107 cm³/mol. The molecule has 1 N–H and O–H groups in total. The lowest BCUT2D eigenvalue weighted by Gasteiger charge is -2.46. The molecule has 4 nitrogen and oxygen atoms in total. The third-order valence-electron chi connectivity index (χ3n) is 6.70. The fourth-order valence-corrected chi connectivity index (χ4v) is 4.82. The van der Waals surface area contributed by atoms with Crippen LogP contribution in [0.2, 0.25) is 0 Å². The predicted octanol–water partition coefficient (Wildman–Crippen LogP) is 3.95. The number of likely N-dealkylation sites (N-methyl/N-ethyl adjacent to an activating group) is 1. The minimum atomic E-state index is -3.23. The van der Waals surface area contributed by atoms with Crippen molar-refractivity contribution >= 4 is 0 Å². The Morgan fingerprint density at radius 1 is 1.18 bits per heavy atom. The first-order valence-electron chi connectivity index (χ1n) is 10.3. The second-order valence-corrected chi connectivity index (χ2v) is 9.30. The third-order valence-corrected chi connectivity index (χ3v) is 6.70. The zero-order chi connectivity index (χ0) is 20.6. The maximum Gasteiger partial charge on any atom is 0.394 e. The highest BCUT2D eigenvalue weighted by atomic mass is 19.3. The van der Waals surface area contributed by atoms with E-state index in [0.717, 1.165) is 64.5 Å². The first-order chi connectivity index (χ1) is 13.0. The van der Waals surface area contributed by atoms with Crippen LogP contribution >= 0.6 is 0 Å². The standard InChI is InChI=1S/C22H34F2N2O2/c1-20(2)9-6-10-22(20,27)19(16-26-13-11-25(4)12-14-26)17-7-5-8-18(15-17)28-21(3,23)24/h5,7-8,15,19,27H,6,9-14,16H2,1-4H3. The van der Waals surface area contributed by atoms with Crippen molar-refractivity contribution < 1.29 is 18.6 Å². The molecule has 1 aliphatic carbocycles. The fourth-order valence-electron chi connectivity index (χ4n) is 4.82. The molecule has 0 bridgehead atoms. The number of aliphatic hydroxyl groups is 1. The molecular formula is C22H34F2N2O2. The third kappa shape index (κ3) is 4.66. The van der Waals surface area contributed by atoms with E-state index in [2.05, 4.69) is 30.7 Å². The second-order valence-electron chi connectivity index (χ2n) is 9.30. The quantitative estimate of drug-likeness (QED) is 0.790. The summed E-state index contributed by atoms with van der Waals surface area (Å²) in [5.74, 6) is -0.00443. The minimum absolute atomic E-state index is 0.146. The SMILES string of the molecule is CN1CCN(CC(c2cccc(OC(C)(F)F)c2)C2(O)CCCC2(C)C)CC1. The lowest BCUT2D eigenvalue weighted by atomic mass is 9.67. The normalized spacial score (nSPS) is 27.7. The van der Waals surface area contributed by atoms with Crippen molar-refractivity contribution in [2.45, 2.75) is 57.7 Å². The summed E-state index contributed by atoms with van der Waals surface area (Å²) in [7, 11) is 2.12. The van der Waals surface area contributed by atoms with Crippen molar-refractivity contribution in [3.8, 4) is 5.75 Å². The highest BCUT2D eigenvalue weighted by Gasteiger charge is 2.53. The van der Waals surface area contributed by atoms with Gasteiger partial charge in [-0.05, 0) is 49.4 Å². The van der Waals surface area contributed by atoms with Gasteiger partial charge in [-0.1, -0.05) is 26.0 Å². The molecule has 2 fully saturated rings. The molecule has 2 aliphatic rings. The number of alkyl halides is 2. The van der Waals surface area contributed by atoms with Crippen molar-refractivity contribution in [1.82, 2.24) is 9.80 Å². The number of piperazine rings is 1. The molecule has 28 heavy (non-hydrogen) atoms. The highest BCUT2D eigenvalue weighted by Crippen LogP contribution is 2.53. The first kappa shape index (κ1) is 21.5. The second kappa shape index (κ2) is 7.88. The van der Waals surface area contributed by atoms with Crippen LogP contribution in [0.1, 0.15) is 51.5 Å². The molecule has 1 heterocycles. The Bertz CT molecular complexity index is 669. The summed E-state index contributed by atoms with van der Waals surface area (Å²) >= 11 is 0. The lowest BCUT2D eigenvalue weighted by Crippen LogP contribution is -2.52. The number of nitrogens with zero attached hydrogens (tertiary/aromatic N) is 2. The summed E-state index contributed by atoms with van der Waals surface area (Å²) in [4.78, 5) is 4.69. The Morgan fingerprint density at radius 3 is 2.43 bits per heavy atom. The van der Waals surface area contributed by atoms with Gasteiger partial charge in [-0.2, -0.15) is 8.78 Å². The average Bonchev–Trinajstić information content (AvgIpc) is 2.86. The van der Waals surface area contributed by atoms with Crippen LogP contribution in [0.25, 0.3) is 0 Å². The molecule has 1 aromatic carbocycles. The van der Waals surface area contributed by atoms with Crippen LogP contribution in [0.3, 0.4) is 0 Å².